The number of rotatable bonds is 3. The van der Waals surface area contributed by atoms with Crippen LogP contribution in [0.1, 0.15) is 0 Å². The first-order chi connectivity index (χ1) is 12.3. The summed E-state index contributed by atoms with van der Waals surface area (Å²) >= 11 is 1.35. The summed E-state index contributed by atoms with van der Waals surface area (Å²) in [5, 5.41) is 1.48. The maximum atomic E-state index is 13.7. The summed E-state index contributed by atoms with van der Waals surface area (Å²) in [6.45, 7) is 0. The molecular weight excluding hydrogens is 382 g/mol. The SMILES string of the molecule is CS(=O)(=O)c1nccc(-c2c(-c3ccc(F)c(F)c3)nc3sccn23)n1. The maximum absolute atomic E-state index is 13.7. The molecule has 132 valence electrons. The number of fused-ring (bicyclic) bond motifs is 1. The van der Waals surface area contributed by atoms with Crippen LogP contribution in [0.2, 0.25) is 0 Å². The van der Waals surface area contributed by atoms with E-state index in [0.29, 0.717) is 27.6 Å². The van der Waals surface area contributed by atoms with Crippen molar-refractivity contribution in [3.63, 3.8) is 0 Å². The van der Waals surface area contributed by atoms with Crippen molar-refractivity contribution in [3.05, 3.63) is 53.7 Å². The Morgan fingerprint density at radius 3 is 2.65 bits per heavy atom. The molecule has 4 aromatic rings. The molecule has 4 rings (SSSR count). The Bertz CT molecular complexity index is 1250. The third kappa shape index (κ3) is 2.76. The molecule has 0 fully saturated rings. The molecule has 3 aromatic heterocycles. The zero-order chi connectivity index (χ0) is 18.5. The molecule has 0 bridgehead atoms. The number of thiazole rings is 1. The first kappa shape index (κ1) is 16.7. The third-order valence-corrected chi connectivity index (χ3v) is 5.28. The molecule has 0 spiro atoms. The number of halogens is 2. The van der Waals surface area contributed by atoms with E-state index in [1.54, 1.807) is 22.0 Å². The van der Waals surface area contributed by atoms with E-state index in [1.807, 2.05) is 0 Å². The van der Waals surface area contributed by atoms with Gasteiger partial charge in [-0.2, -0.15) is 0 Å². The Morgan fingerprint density at radius 2 is 1.92 bits per heavy atom. The van der Waals surface area contributed by atoms with Crippen molar-refractivity contribution in [2.24, 2.45) is 0 Å². The zero-order valence-electron chi connectivity index (χ0n) is 13.2. The summed E-state index contributed by atoms with van der Waals surface area (Å²) in [6.07, 6.45) is 4.09. The molecule has 0 atom stereocenters. The van der Waals surface area contributed by atoms with Crippen molar-refractivity contribution in [1.29, 1.82) is 0 Å². The number of sulfone groups is 1. The molecule has 26 heavy (non-hydrogen) atoms. The number of imidazole rings is 1. The fraction of sp³-hybridized carbons (Fsp3) is 0.0625. The molecule has 6 nitrogen and oxygen atoms in total. The molecule has 0 amide bonds. The van der Waals surface area contributed by atoms with E-state index in [1.165, 1.54) is 23.6 Å². The third-order valence-electron chi connectivity index (χ3n) is 3.66. The normalized spacial score (nSPS) is 12.0. The number of benzene rings is 1. The van der Waals surface area contributed by atoms with Crippen LogP contribution in [0.15, 0.2) is 47.2 Å². The van der Waals surface area contributed by atoms with Crippen molar-refractivity contribution >= 4 is 26.1 Å². The Balaban J connectivity index is 2.00. The molecule has 0 aliphatic rings. The van der Waals surface area contributed by atoms with Gasteiger partial charge in [0.15, 0.2) is 16.6 Å². The minimum absolute atomic E-state index is 0.311. The van der Waals surface area contributed by atoms with Crippen molar-refractivity contribution in [2.75, 3.05) is 6.26 Å². The highest BCUT2D eigenvalue weighted by Gasteiger charge is 2.21. The lowest BCUT2D eigenvalue weighted by molar-refractivity contribution is 0.509. The van der Waals surface area contributed by atoms with Gasteiger partial charge in [0.2, 0.25) is 15.0 Å². The second-order valence-electron chi connectivity index (χ2n) is 5.49. The molecular formula is C16H10F2N4O2S2. The van der Waals surface area contributed by atoms with Gasteiger partial charge in [-0.3, -0.25) is 4.40 Å². The van der Waals surface area contributed by atoms with Gasteiger partial charge in [-0.05, 0) is 24.3 Å². The second kappa shape index (κ2) is 5.92. The van der Waals surface area contributed by atoms with E-state index >= 15 is 0 Å². The molecule has 0 N–H and O–H groups in total. The molecule has 0 radical (unpaired) electrons. The molecule has 0 saturated carbocycles. The smallest absolute Gasteiger partial charge is 0.247 e. The lowest BCUT2D eigenvalue weighted by Gasteiger charge is -2.06. The number of hydrogen-bond donors (Lipinski definition) is 0. The van der Waals surface area contributed by atoms with Gasteiger partial charge < -0.3 is 0 Å². The highest BCUT2D eigenvalue weighted by Crippen LogP contribution is 2.34. The van der Waals surface area contributed by atoms with Crippen LogP contribution in [-0.2, 0) is 9.84 Å². The molecule has 10 heteroatoms. The van der Waals surface area contributed by atoms with E-state index in [4.69, 9.17) is 0 Å². The van der Waals surface area contributed by atoms with Gasteiger partial charge in [-0.1, -0.05) is 0 Å². The lowest BCUT2D eigenvalue weighted by atomic mass is 10.1. The highest BCUT2D eigenvalue weighted by atomic mass is 32.2. The average Bonchev–Trinajstić information content (AvgIpc) is 3.17. The Morgan fingerprint density at radius 1 is 1.12 bits per heavy atom. The minimum atomic E-state index is -3.60. The van der Waals surface area contributed by atoms with Crippen molar-refractivity contribution in [2.45, 2.75) is 5.16 Å². The monoisotopic (exact) mass is 392 g/mol. The van der Waals surface area contributed by atoms with E-state index in [2.05, 4.69) is 15.0 Å². The Labute approximate surface area is 150 Å². The lowest BCUT2D eigenvalue weighted by Crippen LogP contribution is -2.05. The van der Waals surface area contributed by atoms with Crippen LogP contribution in [0.3, 0.4) is 0 Å². The summed E-state index contributed by atoms with van der Waals surface area (Å²) in [5.41, 5.74) is 1.51. The second-order valence-corrected chi connectivity index (χ2v) is 8.27. The number of nitrogens with zero attached hydrogens (tertiary/aromatic N) is 4. The van der Waals surface area contributed by atoms with Gasteiger partial charge in [-0.15, -0.1) is 11.3 Å². The Hall–Kier alpha value is -2.72. The van der Waals surface area contributed by atoms with Gasteiger partial charge in [-0.25, -0.2) is 32.2 Å². The van der Waals surface area contributed by atoms with Gasteiger partial charge in [0.25, 0.3) is 0 Å². The van der Waals surface area contributed by atoms with Crippen molar-refractivity contribution in [1.82, 2.24) is 19.4 Å². The van der Waals surface area contributed by atoms with Crippen LogP contribution in [0, 0.1) is 11.6 Å². The number of hydrogen-bond acceptors (Lipinski definition) is 6. The fourth-order valence-corrected chi connectivity index (χ4v) is 3.76. The molecule has 0 aliphatic carbocycles. The summed E-state index contributed by atoms with van der Waals surface area (Å²) in [4.78, 5) is 13.0. The highest BCUT2D eigenvalue weighted by molar-refractivity contribution is 7.90. The van der Waals surface area contributed by atoms with E-state index < -0.39 is 21.5 Å². The quantitative estimate of drug-likeness (QED) is 0.501. The molecule has 3 heterocycles. The van der Waals surface area contributed by atoms with Gasteiger partial charge in [0.1, 0.15) is 5.69 Å². The van der Waals surface area contributed by atoms with Gasteiger partial charge >= 0.3 is 0 Å². The maximum Gasteiger partial charge on any atom is 0.247 e. The Kier molecular flexibility index (Phi) is 3.81. The minimum Gasteiger partial charge on any atom is -0.288 e. The summed E-state index contributed by atoms with van der Waals surface area (Å²) in [5.74, 6) is -1.96. The van der Waals surface area contributed by atoms with E-state index in [9.17, 15) is 17.2 Å². The molecule has 0 saturated heterocycles. The predicted molar refractivity (Wildman–Crippen MR) is 92.6 cm³/mol. The first-order valence-corrected chi connectivity index (χ1v) is 10.1. The summed E-state index contributed by atoms with van der Waals surface area (Å²) in [6, 6.07) is 5.01. The molecule has 1 aromatic carbocycles. The van der Waals surface area contributed by atoms with Crippen LogP contribution >= 0.6 is 11.3 Å². The summed E-state index contributed by atoms with van der Waals surface area (Å²) in [7, 11) is -3.60. The van der Waals surface area contributed by atoms with Crippen LogP contribution in [0.4, 0.5) is 8.78 Å². The van der Waals surface area contributed by atoms with Crippen molar-refractivity contribution < 1.29 is 17.2 Å². The zero-order valence-corrected chi connectivity index (χ0v) is 14.9. The number of aromatic nitrogens is 4. The van der Waals surface area contributed by atoms with Crippen LogP contribution in [0.5, 0.6) is 0 Å². The van der Waals surface area contributed by atoms with Gasteiger partial charge in [0.05, 0.1) is 11.4 Å². The molecule has 0 aliphatic heterocycles. The van der Waals surface area contributed by atoms with Crippen LogP contribution < -0.4 is 0 Å². The van der Waals surface area contributed by atoms with E-state index in [-0.39, 0.29) is 5.16 Å². The van der Waals surface area contributed by atoms with Crippen LogP contribution in [-0.4, -0.2) is 34.0 Å². The van der Waals surface area contributed by atoms with Crippen molar-refractivity contribution in [3.8, 4) is 22.6 Å². The fourth-order valence-electron chi connectivity index (χ4n) is 2.53. The first-order valence-electron chi connectivity index (χ1n) is 7.29. The van der Waals surface area contributed by atoms with E-state index in [0.717, 1.165) is 18.4 Å². The van der Waals surface area contributed by atoms with Crippen LogP contribution in [0.25, 0.3) is 27.6 Å². The van der Waals surface area contributed by atoms with Gasteiger partial charge in [0, 0.05) is 29.6 Å². The average molecular weight is 392 g/mol. The largest absolute Gasteiger partial charge is 0.288 e. The molecule has 0 unspecified atom stereocenters. The standard InChI is InChI=1S/C16H10F2N4O2S2/c1-26(23,24)15-19-5-4-12(20-15)14-13(21-16-22(14)6-7-25-16)9-2-3-10(17)11(18)8-9/h2-8H,1H3. The summed E-state index contributed by atoms with van der Waals surface area (Å²) < 4.78 is 52.2. The topological polar surface area (TPSA) is 77.2 Å². The predicted octanol–water partition coefficient (Wildman–Crippen LogP) is 3.20.